The van der Waals surface area contributed by atoms with Gasteiger partial charge in [0.15, 0.2) is 9.84 Å². The minimum atomic E-state index is -3.26. The molecule has 0 aliphatic rings. The highest BCUT2D eigenvalue weighted by Crippen LogP contribution is 2.43. The zero-order valence-corrected chi connectivity index (χ0v) is 13.6. The average Bonchev–Trinajstić information content (AvgIpc) is 2.66. The molecule has 98 valence electrons. The fraction of sp³-hybridized carbons (Fsp3) is 0.600. The number of thiophene rings is 1. The zero-order valence-electron chi connectivity index (χ0n) is 10.3. The van der Waals surface area contributed by atoms with E-state index in [1.54, 1.807) is 20.9 Å². The summed E-state index contributed by atoms with van der Waals surface area (Å²) in [5.74, 6) is 0.544. The molecule has 1 aromatic rings. The second kappa shape index (κ2) is 5.86. The summed E-state index contributed by atoms with van der Waals surface area (Å²) in [4.78, 5) is 1.41. The van der Waals surface area contributed by atoms with Gasteiger partial charge < -0.3 is 5.32 Å². The maximum atomic E-state index is 12.3. The molecular weight excluding hydrogens is 294 g/mol. The molecule has 0 radical (unpaired) electrons. The summed E-state index contributed by atoms with van der Waals surface area (Å²) in [7, 11) is -1.51. The number of nitrogens with one attached hydrogen (secondary N) is 1. The first-order chi connectivity index (χ1) is 7.89. The third kappa shape index (κ3) is 2.77. The van der Waals surface area contributed by atoms with Crippen LogP contribution in [0.4, 0.5) is 5.69 Å². The van der Waals surface area contributed by atoms with E-state index in [9.17, 15) is 8.42 Å². The molecule has 0 atom stereocenters. The molecule has 1 heterocycles. The Morgan fingerprint density at radius 2 is 2.06 bits per heavy atom. The van der Waals surface area contributed by atoms with Crippen molar-refractivity contribution in [2.24, 2.45) is 0 Å². The van der Waals surface area contributed by atoms with Crippen LogP contribution in [-0.4, -0.2) is 27.0 Å². The maximum absolute atomic E-state index is 12.3. The lowest BCUT2D eigenvalue weighted by molar-refractivity contribution is 0.586. The van der Waals surface area contributed by atoms with Crippen LogP contribution in [0.3, 0.4) is 0 Å². The van der Waals surface area contributed by atoms with Crippen molar-refractivity contribution >= 4 is 51.3 Å². The molecule has 0 aromatic carbocycles. The van der Waals surface area contributed by atoms with Gasteiger partial charge in [0.2, 0.25) is 0 Å². The number of thiol groups is 1. The summed E-state index contributed by atoms with van der Waals surface area (Å²) in [5, 5.41) is 2.59. The molecule has 0 aliphatic heterocycles. The number of thioether (sulfide) groups is 1. The normalized spacial score (nSPS) is 12.1. The van der Waals surface area contributed by atoms with Crippen LogP contribution in [0.15, 0.2) is 9.10 Å². The van der Waals surface area contributed by atoms with Gasteiger partial charge in [0.25, 0.3) is 0 Å². The van der Waals surface area contributed by atoms with Crippen molar-refractivity contribution in [3.05, 3.63) is 4.88 Å². The van der Waals surface area contributed by atoms with Crippen LogP contribution in [0.25, 0.3) is 0 Å². The van der Waals surface area contributed by atoms with Crippen LogP contribution in [0, 0.1) is 0 Å². The Hall–Kier alpha value is 0.150. The van der Waals surface area contributed by atoms with Gasteiger partial charge in [0.1, 0.15) is 4.90 Å². The molecule has 0 saturated heterocycles. The van der Waals surface area contributed by atoms with Gasteiger partial charge >= 0.3 is 0 Å². The third-order valence-electron chi connectivity index (χ3n) is 2.39. The first-order valence-corrected chi connectivity index (χ1v) is 9.34. The van der Waals surface area contributed by atoms with E-state index < -0.39 is 15.1 Å². The van der Waals surface area contributed by atoms with E-state index in [0.29, 0.717) is 16.3 Å². The van der Waals surface area contributed by atoms with E-state index in [4.69, 9.17) is 0 Å². The monoisotopic (exact) mass is 311 g/mol. The number of rotatable bonds is 5. The summed E-state index contributed by atoms with van der Waals surface area (Å²) in [6.45, 7) is 3.41. The Bertz CT molecular complexity index is 491. The summed E-state index contributed by atoms with van der Waals surface area (Å²) in [6, 6.07) is 0. The molecule has 0 unspecified atom stereocenters. The van der Waals surface area contributed by atoms with E-state index in [1.807, 2.05) is 6.26 Å². The summed E-state index contributed by atoms with van der Waals surface area (Å²) in [5.41, 5.74) is 0.711. The second-order valence-corrected chi connectivity index (χ2v) is 8.66. The van der Waals surface area contributed by atoms with Crippen LogP contribution in [0.5, 0.6) is 0 Å². The summed E-state index contributed by atoms with van der Waals surface area (Å²) in [6.07, 6.45) is 1.90. The molecule has 0 saturated carbocycles. The molecule has 0 spiro atoms. The van der Waals surface area contributed by atoms with Crippen molar-refractivity contribution in [1.29, 1.82) is 0 Å². The van der Waals surface area contributed by atoms with E-state index in [-0.39, 0.29) is 0 Å². The minimum absolute atomic E-state index is 0.414. The number of anilines is 1. The smallest absolute Gasteiger partial charge is 0.184 e. The number of hydrogen-bond donors (Lipinski definition) is 2. The van der Waals surface area contributed by atoms with Crippen molar-refractivity contribution in [3.8, 4) is 0 Å². The van der Waals surface area contributed by atoms with Crippen LogP contribution in [-0.2, 0) is 15.6 Å². The van der Waals surface area contributed by atoms with Crippen LogP contribution >= 0.6 is 35.7 Å². The highest BCUT2D eigenvalue weighted by atomic mass is 32.2. The minimum Gasteiger partial charge on any atom is -0.386 e. The van der Waals surface area contributed by atoms with E-state index in [0.717, 1.165) is 9.09 Å². The predicted molar refractivity (Wildman–Crippen MR) is 80.7 cm³/mol. The van der Waals surface area contributed by atoms with Crippen LogP contribution in [0.2, 0.25) is 0 Å². The SMILES string of the molecule is CNc1c(CS)sc(SC)c1S(=O)(=O)C(C)C. The average molecular weight is 312 g/mol. The van der Waals surface area contributed by atoms with Crippen molar-refractivity contribution in [3.63, 3.8) is 0 Å². The summed E-state index contributed by atoms with van der Waals surface area (Å²) < 4.78 is 25.5. The molecule has 1 N–H and O–H groups in total. The first-order valence-electron chi connectivity index (χ1n) is 5.12. The van der Waals surface area contributed by atoms with E-state index >= 15 is 0 Å². The summed E-state index contributed by atoms with van der Waals surface area (Å²) >= 11 is 7.22. The maximum Gasteiger partial charge on any atom is 0.184 e. The fourth-order valence-electron chi connectivity index (χ4n) is 1.43. The molecule has 0 bridgehead atoms. The molecule has 17 heavy (non-hydrogen) atoms. The van der Waals surface area contributed by atoms with Crippen molar-refractivity contribution < 1.29 is 8.42 Å². The first kappa shape index (κ1) is 15.2. The van der Waals surface area contributed by atoms with E-state index in [1.165, 1.54) is 23.1 Å². The van der Waals surface area contributed by atoms with Gasteiger partial charge in [-0.2, -0.15) is 12.6 Å². The molecule has 0 aliphatic carbocycles. The van der Waals surface area contributed by atoms with Gasteiger partial charge in [0.05, 0.1) is 15.1 Å². The van der Waals surface area contributed by atoms with Gasteiger partial charge in [0, 0.05) is 17.7 Å². The number of sulfone groups is 1. The lowest BCUT2D eigenvalue weighted by atomic mass is 10.4. The molecular formula is C10H17NO2S4. The topological polar surface area (TPSA) is 46.2 Å². The lowest BCUT2D eigenvalue weighted by Gasteiger charge is -2.11. The Kier molecular flexibility index (Phi) is 5.24. The highest BCUT2D eigenvalue weighted by molar-refractivity contribution is 8.01. The Morgan fingerprint density at radius 1 is 1.47 bits per heavy atom. The van der Waals surface area contributed by atoms with Gasteiger partial charge in [-0.1, -0.05) is 0 Å². The van der Waals surface area contributed by atoms with Crippen molar-refractivity contribution in [1.82, 2.24) is 0 Å². The largest absolute Gasteiger partial charge is 0.386 e. The zero-order chi connectivity index (χ0) is 13.2. The Balaban J connectivity index is 3.55. The second-order valence-electron chi connectivity index (χ2n) is 3.72. The highest BCUT2D eigenvalue weighted by Gasteiger charge is 2.29. The predicted octanol–water partition coefficient (Wildman–Crippen LogP) is 3.12. The van der Waals surface area contributed by atoms with Gasteiger partial charge in [-0.15, -0.1) is 23.1 Å². The van der Waals surface area contributed by atoms with Gasteiger partial charge in [-0.05, 0) is 20.1 Å². The van der Waals surface area contributed by atoms with Crippen molar-refractivity contribution in [2.45, 2.75) is 34.0 Å². The molecule has 7 heteroatoms. The lowest BCUT2D eigenvalue weighted by Crippen LogP contribution is -2.15. The van der Waals surface area contributed by atoms with Crippen molar-refractivity contribution in [2.75, 3.05) is 18.6 Å². The van der Waals surface area contributed by atoms with Crippen LogP contribution < -0.4 is 5.32 Å². The number of hydrogen-bond acceptors (Lipinski definition) is 6. The quantitative estimate of drug-likeness (QED) is 0.648. The van der Waals surface area contributed by atoms with Crippen LogP contribution in [0.1, 0.15) is 18.7 Å². The Labute approximate surface area is 117 Å². The molecule has 0 amide bonds. The third-order valence-corrected chi connectivity index (χ3v) is 7.71. The van der Waals surface area contributed by atoms with Gasteiger partial charge in [-0.25, -0.2) is 8.42 Å². The van der Waals surface area contributed by atoms with Gasteiger partial charge in [-0.3, -0.25) is 0 Å². The molecule has 1 aromatic heterocycles. The standard InChI is InChI=1S/C10H17NO2S4/c1-6(2)17(12,13)9-8(11-3)7(5-14)16-10(9)15-4/h6,11,14H,5H2,1-4H3. The van der Waals surface area contributed by atoms with E-state index in [2.05, 4.69) is 17.9 Å². The molecule has 0 fully saturated rings. The molecule has 1 rings (SSSR count). The Morgan fingerprint density at radius 3 is 2.41 bits per heavy atom. The fourth-order valence-corrected chi connectivity index (χ4v) is 5.84. The molecule has 3 nitrogen and oxygen atoms in total.